The number of carbonyl (C=O) groups is 1. The number of aromatic carboxylic acids is 1. The van der Waals surface area contributed by atoms with Gasteiger partial charge in [-0.15, -0.1) is 0 Å². The molecule has 0 amide bonds. The van der Waals surface area contributed by atoms with Crippen molar-refractivity contribution in [2.24, 2.45) is 0 Å². The van der Waals surface area contributed by atoms with Crippen molar-refractivity contribution in [3.63, 3.8) is 0 Å². The summed E-state index contributed by atoms with van der Waals surface area (Å²) < 4.78 is 10.6. The Morgan fingerprint density at radius 2 is 1.90 bits per heavy atom. The van der Waals surface area contributed by atoms with Crippen LogP contribution in [0.1, 0.15) is 15.9 Å². The molecule has 0 unspecified atom stereocenters. The van der Waals surface area contributed by atoms with Crippen molar-refractivity contribution in [2.75, 3.05) is 7.11 Å². The number of benzene rings is 2. The van der Waals surface area contributed by atoms with E-state index < -0.39 is 5.97 Å². The van der Waals surface area contributed by atoms with Crippen LogP contribution in [0.4, 0.5) is 0 Å². The Bertz CT molecular complexity index is 611. The molecule has 0 aromatic heterocycles. The Morgan fingerprint density at radius 1 is 1.20 bits per heavy atom. The molecular formula is C15H13ClO4. The molecule has 2 aromatic rings. The molecule has 0 saturated carbocycles. The standard InChI is InChI=1S/C15H13ClO4/c1-19-12-8-7-11(15(17)18)14(13(12)16)20-9-10-5-3-2-4-6-10/h2-8H,9H2,1H3,(H,17,18). The number of ether oxygens (including phenoxy) is 2. The second kappa shape index (κ2) is 6.30. The summed E-state index contributed by atoms with van der Waals surface area (Å²) in [6, 6.07) is 12.3. The molecule has 0 spiro atoms. The maximum Gasteiger partial charge on any atom is 0.339 e. The van der Waals surface area contributed by atoms with Crippen LogP contribution in [-0.4, -0.2) is 18.2 Å². The van der Waals surface area contributed by atoms with Gasteiger partial charge in [-0.3, -0.25) is 0 Å². The summed E-state index contributed by atoms with van der Waals surface area (Å²) >= 11 is 6.11. The third-order valence-corrected chi connectivity index (χ3v) is 3.10. The summed E-state index contributed by atoms with van der Waals surface area (Å²) in [5.74, 6) is -0.611. The van der Waals surface area contributed by atoms with Gasteiger partial charge in [-0.2, -0.15) is 0 Å². The zero-order valence-corrected chi connectivity index (χ0v) is 11.6. The number of hydrogen-bond donors (Lipinski definition) is 1. The minimum absolute atomic E-state index is 0.00623. The average Bonchev–Trinajstić information content (AvgIpc) is 2.46. The Labute approximate surface area is 121 Å². The molecule has 0 fully saturated rings. The van der Waals surface area contributed by atoms with Gasteiger partial charge in [0.15, 0.2) is 5.75 Å². The zero-order chi connectivity index (χ0) is 14.5. The van der Waals surface area contributed by atoms with E-state index >= 15 is 0 Å². The largest absolute Gasteiger partial charge is 0.495 e. The van der Waals surface area contributed by atoms with Gasteiger partial charge in [0.1, 0.15) is 22.9 Å². The summed E-state index contributed by atoms with van der Waals surface area (Å²) in [4.78, 5) is 11.2. The first kappa shape index (κ1) is 14.2. The predicted octanol–water partition coefficient (Wildman–Crippen LogP) is 3.63. The maximum absolute atomic E-state index is 11.2. The van der Waals surface area contributed by atoms with Crippen molar-refractivity contribution in [1.82, 2.24) is 0 Å². The smallest absolute Gasteiger partial charge is 0.339 e. The summed E-state index contributed by atoms with van der Waals surface area (Å²) in [6.07, 6.45) is 0. The van der Waals surface area contributed by atoms with E-state index in [-0.39, 0.29) is 22.9 Å². The summed E-state index contributed by atoms with van der Waals surface area (Å²) in [5, 5.41) is 9.33. The molecule has 104 valence electrons. The summed E-state index contributed by atoms with van der Waals surface area (Å²) in [6.45, 7) is 0.230. The molecule has 2 rings (SSSR count). The lowest BCUT2D eigenvalue weighted by atomic mass is 10.2. The Balaban J connectivity index is 2.31. The second-order valence-electron chi connectivity index (χ2n) is 4.04. The van der Waals surface area contributed by atoms with Gasteiger partial charge in [0.2, 0.25) is 0 Å². The Morgan fingerprint density at radius 3 is 2.50 bits per heavy atom. The van der Waals surface area contributed by atoms with Crippen LogP contribution in [-0.2, 0) is 6.61 Å². The third kappa shape index (κ3) is 3.03. The van der Waals surface area contributed by atoms with Gasteiger partial charge in [-0.05, 0) is 17.7 Å². The molecule has 0 saturated heterocycles. The molecular weight excluding hydrogens is 280 g/mol. The number of halogens is 1. The first-order valence-electron chi connectivity index (χ1n) is 5.90. The average molecular weight is 293 g/mol. The number of rotatable bonds is 5. The molecule has 5 heteroatoms. The summed E-state index contributed by atoms with van der Waals surface area (Å²) in [7, 11) is 1.46. The van der Waals surface area contributed by atoms with Crippen molar-refractivity contribution in [2.45, 2.75) is 6.61 Å². The van der Waals surface area contributed by atoms with E-state index in [9.17, 15) is 9.90 Å². The lowest BCUT2D eigenvalue weighted by molar-refractivity contribution is 0.0691. The molecule has 1 N–H and O–H groups in total. The van der Waals surface area contributed by atoms with Crippen molar-refractivity contribution >= 4 is 17.6 Å². The van der Waals surface area contributed by atoms with Gasteiger partial charge < -0.3 is 14.6 Å². The van der Waals surface area contributed by atoms with E-state index in [1.165, 1.54) is 19.2 Å². The SMILES string of the molecule is COc1ccc(C(=O)O)c(OCc2ccccc2)c1Cl. The van der Waals surface area contributed by atoms with Crippen LogP contribution in [0.5, 0.6) is 11.5 Å². The monoisotopic (exact) mass is 292 g/mol. The number of methoxy groups -OCH3 is 1. The molecule has 0 aliphatic carbocycles. The molecule has 20 heavy (non-hydrogen) atoms. The lowest BCUT2D eigenvalue weighted by Crippen LogP contribution is -2.05. The Hall–Kier alpha value is -2.20. The van der Waals surface area contributed by atoms with Crippen LogP contribution in [0.2, 0.25) is 5.02 Å². The lowest BCUT2D eigenvalue weighted by Gasteiger charge is -2.13. The molecule has 0 radical (unpaired) electrons. The van der Waals surface area contributed by atoms with Gasteiger partial charge in [0, 0.05) is 0 Å². The van der Waals surface area contributed by atoms with E-state index in [1.807, 2.05) is 30.3 Å². The van der Waals surface area contributed by atoms with E-state index in [1.54, 1.807) is 0 Å². The van der Waals surface area contributed by atoms with E-state index in [0.717, 1.165) is 5.56 Å². The minimum atomic E-state index is -1.10. The first-order valence-corrected chi connectivity index (χ1v) is 6.27. The highest BCUT2D eigenvalue weighted by molar-refractivity contribution is 6.34. The van der Waals surface area contributed by atoms with Crippen molar-refractivity contribution in [1.29, 1.82) is 0 Å². The minimum Gasteiger partial charge on any atom is -0.495 e. The van der Waals surface area contributed by atoms with Gasteiger partial charge in [0.25, 0.3) is 0 Å². The molecule has 0 aliphatic heterocycles. The molecule has 0 bridgehead atoms. The highest BCUT2D eigenvalue weighted by Crippen LogP contribution is 2.37. The Kier molecular flexibility index (Phi) is 4.48. The van der Waals surface area contributed by atoms with Gasteiger partial charge in [0.05, 0.1) is 7.11 Å². The second-order valence-corrected chi connectivity index (χ2v) is 4.42. The number of carboxylic acid groups (broad SMARTS) is 1. The van der Waals surface area contributed by atoms with Gasteiger partial charge in [-0.1, -0.05) is 41.9 Å². The van der Waals surface area contributed by atoms with Crippen molar-refractivity contribution < 1.29 is 19.4 Å². The number of carboxylic acids is 1. The molecule has 0 aliphatic rings. The van der Waals surface area contributed by atoms with Crippen LogP contribution >= 0.6 is 11.6 Å². The van der Waals surface area contributed by atoms with Crippen LogP contribution in [0, 0.1) is 0 Å². The zero-order valence-electron chi connectivity index (χ0n) is 10.8. The first-order chi connectivity index (χ1) is 9.63. The molecule has 4 nitrogen and oxygen atoms in total. The van der Waals surface area contributed by atoms with E-state index in [4.69, 9.17) is 21.1 Å². The topological polar surface area (TPSA) is 55.8 Å². The normalized spacial score (nSPS) is 10.1. The summed E-state index contributed by atoms with van der Waals surface area (Å²) in [5.41, 5.74) is 0.925. The highest BCUT2D eigenvalue weighted by Gasteiger charge is 2.18. The third-order valence-electron chi connectivity index (χ3n) is 2.74. The fraction of sp³-hybridized carbons (Fsp3) is 0.133. The predicted molar refractivity (Wildman–Crippen MR) is 75.7 cm³/mol. The quantitative estimate of drug-likeness (QED) is 0.914. The number of hydrogen-bond acceptors (Lipinski definition) is 3. The van der Waals surface area contributed by atoms with Crippen LogP contribution in [0.15, 0.2) is 42.5 Å². The highest BCUT2D eigenvalue weighted by atomic mass is 35.5. The molecule has 0 heterocycles. The molecule has 0 atom stereocenters. The van der Waals surface area contributed by atoms with Crippen LogP contribution in [0.3, 0.4) is 0 Å². The van der Waals surface area contributed by atoms with E-state index in [0.29, 0.717) is 5.75 Å². The van der Waals surface area contributed by atoms with Gasteiger partial charge in [-0.25, -0.2) is 4.79 Å². The van der Waals surface area contributed by atoms with Crippen molar-refractivity contribution in [3.05, 3.63) is 58.6 Å². The van der Waals surface area contributed by atoms with E-state index in [2.05, 4.69) is 0 Å². The fourth-order valence-electron chi connectivity index (χ4n) is 1.73. The maximum atomic E-state index is 11.2. The molecule has 2 aromatic carbocycles. The van der Waals surface area contributed by atoms with Crippen LogP contribution < -0.4 is 9.47 Å². The van der Waals surface area contributed by atoms with Crippen LogP contribution in [0.25, 0.3) is 0 Å². The van der Waals surface area contributed by atoms with Gasteiger partial charge >= 0.3 is 5.97 Å². The van der Waals surface area contributed by atoms with Crippen molar-refractivity contribution in [3.8, 4) is 11.5 Å². The fourth-order valence-corrected chi connectivity index (χ4v) is 2.03.